The van der Waals surface area contributed by atoms with Gasteiger partial charge in [-0.25, -0.2) is 4.98 Å². The molecule has 3 rings (SSSR count). The normalized spacial score (nSPS) is 17.0. The molecule has 1 aliphatic carbocycles. The number of hydrogen-bond donors (Lipinski definition) is 2. The number of para-hydroxylation sites is 2. The fraction of sp³-hybridized carbons (Fsp3) is 0.500. The predicted octanol–water partition coefficient (Wildman–Crippen LogP) is 3.86. The molecule has 1 amide bonds. The Balaban J connectivity index is 1.60. The van der Waals surface area contributed by atoms with E-state index in [4.69, 9.17) is 0 Å². The third kappa shape index (κ3) is 3.18. The first kappa shape index (κ1) is 13.2. The Morgan fingerprint density at radius 2 is 1.95 bits per heavy atom. The molecule has 0 aliphatic heterocycles. The van der Waals surface area contributed by atoms with Crippen LogP contribution in [-0.4, -0.2) is 15.9 Å². The van der Waals surface area contributed by atoms with Crippen LogP contribution in [0.25, 0.3) is 11.0 Å². The molecule has 0 atom stereocenters. The van der Waals surface area contributed by atoms with Gasteiger partial charge in [0, 0.05) is 6.42 Å². The summed E-state index contributed by atoms with van der Waals surface area (Å²) < 4.78 is 0. The van der Waals surface area contributed by atoms with Gasteiger partial charge < -0.3 is 4.98 Å². The monoisotopic (exact) mass is 271 g/mol. The van der Waals surface area contributed by atoms with Gasteiger partial charge in [-0.3, -0.25) is 10.1 Å². The van der Waals surface area contributed by atoms with Crippen molar-refractivity contribution in [3.63, 3.8) is 0 Å². The van der Waals surface area contributed by atoms with Gasteiger partial charge >= 0.3 is 0 Å². The van der Waals surface area contributed by atoms with Crippen LogP contribution in [0, 0.1) is 5.92 Å². The molecule has 1 aromatic heterocycles. The summed E-state index contributed by atoms with van der Waals surface area (Å²) in [6, 6.07) is 7.80. The number of carbonyl (C=O) groups excluding carboxylic acids is 1. The van der Waals surface area contributed by atoms with Gasteiger partial charge in [-0.15, -0.1) is 0 Å². The van der Waals surface area contributed by atoms with E-state index in [9.17, 15) is 4.79 Å². The Morgan fingerprint density at radius 1 is 1.20 bits per heavy atom. The molecule has 4 nitrogen and oxygen atoms in total. The Bertz CT molecular complexity index is 549. The largest absolute Gasteiger partial charge is 0.324 e. The second-order valence-electron chi connectivity index (χ2n) is 5.71. The highest BCUT2D eigenvalue weighted by molar-refractivity contribution is 5.91. The molecule has 106 valence electrons. The third-order valence-corrected chi connectivity index (χ3v) is 4.10. The predicted molar refractivity (Wildman–Crippen MR) is 80.5 cm³/mol. The highest BCUT2D eigenvalue weighted by Gasteiger charge is 2.16. The van der Waals surface area contributed by atoms with Crippen molar-refractivity contribution >= 4 is 22.9 Å². The van der Waals surface area contributed by atoms with Crippen LogP contribution in [-0.2, 0) is 4.79 Å². The Labute approximate surface area is 119 Å². The summed E-state index contributed by atoms with van der Waals surface area (Å²) in [5.41, 5.74) is 1.84. The summed E-state index contributed by atoms with van der Waals surface area (Å²) in [4.78, 5) is 19.6. The van der Waals surface area contributed by atoms with E-state index in [0.29, 0.717) is 18.3 Å². The van der Waals surface area contributed by atoms with Crippen LogP contribution in [0.4, 0.5) is 5.95 Å². The molecule has 0 saturated heterocycles. The van der Waals surface area contributed by atoms with Crippen LogP contribution in [0.1, 0.15) is 44.9 Å². The molecule has 1 heterocycles. The van der Waals surface area contributed by atoms with Crippen LogP contribution in [0.15, 0.2) is 24.3 Å². The molecule has 1 saturated carbocycles. The smallest absolute Gasteiger partial charge is 0.226 e. The lowest BCUT2D eigenvalue weighted by Crippen LogP contribution is -2.17. The molecule has 0 unspecified atom stereocenters. The van der Waals surface area contributed by atoms with E-state index >= 15 is 0 Å². The van der Waals surface area contributed by atoms with Crippen molar-refractivity contribution in [2.45, 2.75) is 44.9 Å². The van der Waals surface area contributed by atoms with E-state index in [1.54, 1.807) is 0 Å². The van der Waals surface area contributed by atoms with E-state index in [1.165, 1.54) is 38.5 Å². The minimum absolute atomic E-state index is 0.0796. The fourth-order valence-electron chi connectivity index (χ4n) is 3.03. The first-order valence-electron chi connectivity index (χ1n) is 7.56. The summed E-state index contributed by atoms with van der Waals surface area (Å²) in [7, 11) is 0. The maximum Gasteiger partial charge on any atom is 0.226 e. The van der Waals surface area contributed by atoms with Crippen molar-refractivity contribution in [1.82, 2.24) is 9.97 Å². The number of aromatic amines is 1. The molecular formula is C16H21N3O. The van der Waals surface area contributed by atoms with Gasteiger partial charge in [0.1, 0.15) is 0 Å². The lowest BCUT2D eigenvalue weighted by Gasteiger charge is -2.12. The van der Waals surface area contributed by atoms with Crippen molar-refractivity contribution < 1.29 is 4.79 Å². The minimum atomic E-state index is 0.0796. The zero-order chi connectivity index (χ0) is 13.8. The number of fused-ring (bicyclic) bond motifs is 1. The maximum atomic E-state index is 12.1. The number of amides is 1. The number of rotatable bonds is 3. The molecule has 2 aromatic rings. The fourth-order valence-corrected chi connectivity index (χ4v) is 3.03. The van der Waals surface area contributed by atoms with E-state index in [2.05, 4.69) is 15.3 Å². The molecule has 1 aromatic carbocycles. The van der Waals surface area contributed by atoms with Crippen LogP contribution in [0.3, 0.4) is 0 Å². The SMILES string of the molecule is O=C(CC1CCCCCC1)Nc1nc2ccccc2[nH]1. The molecule has 0 radical (unpaired) electrons. The van der Waals surface area contributed by atoms with Crippen molar-refractivity contribution in [3.8, 4) is 0 Å². The van der Waals surface area contributed by atoms with Crippen molar-refractivity contribution in [1.29, 1.82) is 0 Å². The number of nitrogens with one attached hydrogen (secondary N) is 2. The number of carbonyl (C=O) groups is 1. The standard InChI is InChI=1S/C16H21N3O/c20-15(11-12-7-3-1-2-4-8-12)19-16-17-13-9-5-6-10-14(13)18-16/h5-6,9-10,12H,1-4,7-8,11H2,(H2,17,18,19,20). The number of H-pyrrole nitrogens is 1. The highest BCUT2D eigenvalue weighted by atomic mass is 16.1. The lowest BCUT2D eigenvalue weighted by atomic mass is 9.96. The van der Waals surface area contributed by atoms with Gasteiger partial charge in [-0.1, -0.05) is 37.8 Å². The van der Waals surface area contributed by atoms with E-state index < -0.39 is 0 Å². The van der Waals surface area contributed by atoms with Gasteiger partial charge in [-0.2, -0.15) is 0 Å². The second-order valence-corrected chi connectivity index (χ2v) is 5.71. The number of anilines is 1. The average molecular weight is 271 g/mol. The molecule has 4 heteroatoms. The van der Waals surface area contributed by atoms with Crippen LogP contribution in [0.2, 0.25) is 0 Å². The molecule has 2 N–H and O–H groups in total. The minimum Gasteiger partial charge on any atom is -0.324 e. The Kier molecular flexibility index (Phi) is 4.00. The average Bonchev–Trinajstić information content (AvgIpc) is 2.66. The molecule has 1 fully saturated rings. The van der Waals surface area contributed by atoms with Crippen molar-refractivity contribution in [2.24, 2.45) is 5.92 Å². The summed E-state index contributed by atoms with van der Waals surface area (Å²) in [5.74, 6) is 1.18. The summed E-state index contributed by atoms with van der Waals surface area (Å²) in [6.45, 7) is 0. The van der Waals surface area contributed by atoms with Gasteiger partial charge in [0.25, 0.3) is 0 Å². The summed E-state index contributed by atoms with van der Waals surface area (Å²) >= 11 is 0. The molecule has 0 spiro atoms. The molecule has 20 heavy (non-hydrogen) atoms. The van der Waals surface area contributed by atoms with Gasteiger partial charge in [0.15, 0.2) is 0 Å². The topological polar surface area (TPSA) is 57.8 Å². The zero-order valence-corrected chi connectivity index (χ0v) is 11.7. The van der Waals surface area contributed by atoms with Crippen molar-refractivity contribution in [2.75, 3.05) is 5.32 Å². The Morgan fingerprint density at radius 3 is 2.70 bits per heavy atom. The number of aromatic nitrogens is 2. The Hall–Kier alpha value is -1.84. The molecule has 1 aliphatic rings. The van der Waals surface area contributed by atoms with Crippen LogP contribution >= 0.6 is 0 Å². The maximum absolute atomic E-state index is 12.1. The van der Waals surface area contributed by atoms with Crippen LogP contribution in [0.5, 0.6) is 0 Å². The van der Waals surface area contributed by atoms with Gasteiger partial charge in [-0.05, 0) is 30.9 Å². The number of benzene rings is 1. The van der Waals surface area contributed by atoms with E-state index in [0.717, 1.165) is 11.0 Å². The first-order valence-corrected chi connectivity index (χ1v) is 7.56. The molecular weight excluding hydrogens is 250 g/mol. The van der Waals surface area contributed by atoms with E-state index in [-0.39, 0.29) is 5.91 Å². The highest BCUT2D eigenvalue weighted by Crippen LogP contribution is 2.25. The molecule has 0 bridgehead atoms. The lowest BCUT2D eigenvalue weighted by molar-refractivity contribution is -0.117. The third-order valence-electron chi connectivity index (χ3n) is 4.10. The van der Waals surface area contributed by atoms with E-state index in [1.807, 2.05) is 24.3 Å². The zero-order valence-electron chi connectivity index (χ0n) is 11.7. The summed E-state index contributed by atoms with van der Waals surface area (Å²) in [5, 5.41) is 2.89. The number of nitrogens with zero attached hydrogens (tertiary/aromatic N) is 1. The quantitative estimate of drug-likeness (QED) is 0.833. The number of hydrogen-bond acceptors (Lipinski definition) is 2. The van der Waals surface area contributed by atoms with Gasteiger partial charge in [0.05, 0.1) is 11.0 Å². The van der Waals surface area contributed by atoms with Crippen molar-refractivity contribution in [3.05, 3.63) is 24.3 Å². The van der Waals surface area contributed by atoms with Crippen LogP contribution < -0.4 is 5.32 Å². The summed E-state index contributed by atoms with van der Waals surface area (Å²) in [6.07, 6.45) is 8.17. The first-order chi connectivity index (χ1) is 9.81. The van der Waals surface area contributed by atoms with Gasteiger partial charge in [0.2, 0.25) is 11.9 Å². The second kappa shape index (κ2) is 6.07. The number of imidazole rings is 1.